The van der Waals surface area contributed by atoms with Gasteiger partial charge in [0.2, 0.25) is 15.9 Å². The van der Waals surface area contributed by atoms with Crippen LogP contribution in [0.25, 0.3) is 0 Å². The summed E-state index contributed by atoms with van der Waals surface area (Å²) in [6.07, 6.45) is 6.25. The van der Waals surface area contributed by atoms with Gasteiger partial charge in [-0.1, -0.05) is 6.07 Å². The second-order valence-corrected chi connectivity index (χ2v) is 9.02. The molecular formula is C18H24N2O4S. The van der Waals surface area contributed by atoms with Crippen molar-refractivity contribution in [2.75, 3.05) is 37.4 Å². The van der Waals surface area contributed by atoms with E-state index in [1.807, 2.05) is 0 Å². The lowest BCUT2D eigenvalue weighted by Gasteiger charge is -2.26. The van der Waals surface area contributed by atoms with Gasteiger partial charge in [0.15, 0.2) is 0 Å². The molecule has 136 valence electrons. The average molecular weight is 364 g/mol. The van der Waals surface area contributed by atoms with Gasteiger partial charge in [-0.25, -0.2) is 8.42 Å². The van der Waals surface area contributed by atoms with E-state index < -0.39 is 21.7 Å². The maximum Gasteiger partial charge on any atom is 0.241 e. The third kappa shape index (κ3) is 3.32. The van der Waals surface area contributed by atoms with Crippen molar-refractivity contribution >= 4 is 21.6 Å². The predicted molar refractivity (Wildman–Crippen MR) is 95.3 cm³/mol. The highest BCUT2D eigenvalue weighted by Crippen LogP contribution is 2.38. The first-order chi connectivity index (χ1) is 12.0. The average Bonchev–Trinajstić information content (AvgIpc) is 3.24. The predicted octanol–water partition coefficient (Wildman–Crippen LogP) is 1.26. The van der Waals surface area contributed by atoms with Crippen LogP contribution in [0, 0.1) is 0 Å². The summed E-state index contributed by atoms with van der Waals surface area (Å²) in [5, 5.41) is 2.96. The number of anilines is 1. The maximum absolute atomic E-state index is 12.5. The number of sulfonamides is 1. The Balaban J connectivity index is 1.54. The SMILES string of the molecule is O=C(CS(=O)(=O)N1CCOCC1)Nc1c2c(cc3c1CCC3)CCC2. The Kier molecular flexibility index (Phi) is 4.56. The van der Waals surface area contributed by atoms with Gasteiger partial charge in [-0.3, -0.25) is 4.79 Å². The van der Waals surface area contributed by atoms with Gasteiger partial charge in [0.1, 0.15) is 5.75 Å². The summed E-state index contributed by atoms with van der Waals surface area (Å²) in [7, 11) is -3.59. The molecule has 1 amide bonds. The molecule has 6 nitrogen and oxygen atoms in total. The fourth-order valence-electron chi connectivity index (χ4n) is 4.22. The second kappa shape index (κ2) is 6.70. The first-order valence-electron chi connectivity index (χ1n) is 9.06. The van der Waals surface area contributed by atoms with Crippen molar-refractivity contribution in [3.63, 3.8) is 0 Å². The van der Waals surface area contributed by atoms with Crippen LogP contribution in [0.3, 0.4) is 0 Å². The summed E-state index contributed by atoms with van der Waals surface area (Å²) < 4.78 is 31.5. The highest BCUT2D eigenvalue weighted by molar-refractivity contribution is 7.89. The summed E-state index contributed by atoms with van der Waals surface area (Å²) in [5.41, 5.74) is 6.00. The third-order valence-corrected chi connectivity index (χ3v) is 7.19. The van der Waals surface area contributed by atoms with Crippen molar-refractivity contribution in [1.29, 1.82) is 0 Å². The zero-order chi connectivity index (χ0) is 17.4. The lowest BCUT2D eigenvalue weighted by molar-refractivity contribution is -0.114. The second-order valence-electron chi connectivity index (χ2n) is 7.05. The highest BCUT2D eigenvalue weighted by atomic mass is 32.2. The monoisotopic (exact) mass is 364 g/mol. The number of carbonyl (C=O) groups excluding carboxylic acids is 1. The van der Waals surface area contributed by atoms with E-state index in [0.717, 1.165) is 44.2 Å². The first-order valence-corrected chi connectivity index (χ1v) is 10.7. The number of hydrogen-bond donors (Lipinski definition) is 1. The number of hydrogen-bond acceptors (Lipinski definition) is 4. The summed E-state index contributed by atoms with van der Waals surface area (Å²) in [4.78, 5) is 12.5. The van der Waals surface area contributed by atoms with Gasteiger partial charge in [0.25, 0.3) is 0 Å². The Morgan fingerprint density at radius 3 is 2.24 bits per heavy atom. The fraction of sp³-hybridized carbons (Fsp3) is 0.611. The van der Waals surface area contributed by atoms with E-state index in [2.05, 4.69) is 11.4 Å². The molecule has 1 fully saturated rings. The molecular weight excluding hydrogens is 340 g/mol. The molecule has 2 aliphatic carbocycles. The minimum atomic E-state index is -3.59. The smallest absolute Gasteiger partial charge is 0.241 e. The Morgan fingerprint density at radius 1 is 1.04 bits per heavy atom. The van der Waals surface area contributed by atoms with Crippen LogP contribution < -0.4 is 5.32 Å². The quantitative estimate of drug-likeness (QED) is 0.873. The van der Waals surface area contributed by atoms with Crippen LogP contribution in [-0.2, 0) is 45.2 Å². The number of nitrogens with zero attached hydrogens (tertiary/aromatic N) is 1. The van der Waals surface area contributed by atoms with E-state index in [-0.39, 0.29) is 0 Å². The molecule has 0 atom stereocenters. The molecule has 0 aromatic heterocycles. The van der Waals surface area contributed by atoms with E-state index in [1.165, 1.54) is 26.6 Å². The zero-order valence-corrected chi connectivity index (χ0v) is 15.2. The maximum atomic E-state index is 12.5. The molecule has 1 heterocycles. The van der Waals surface area contributed by atoms with Crippen LogP contribution in [-0.4, -0.2) is 50.7 Å². The zero-order valence-electron chi connectivity index (χ0n) is 14.3. The van der Waals surface area contributed by atoms with Crippen molar-refractivity contribution in [2.45, 2.75) is 38.5 Å². The fourth-order valence-corrected chi connectivity index (χ4v) is 5.52. The van der Waals surface area contributed by atoms with Crippen LogP contribution in [0.2, 0.25) is 0 Å². The van der Waals surface area contributed by atoms with Gasteiger partial charge in [0.05, 0.1) is 13.2 Å². The number of morpholine rings is 1. The lowest BCUT2D eigenvalue weighted by Crippen LogP contribution is -2.43. The van der Waals surface area contributed by atoms with Crippen molar-refractivity contribution in [1.82, 2.24) is 4.31 Å². The van der Waals surface area contributed by atoms with Crippen LogP contribution >= 0.6 is 0 Å². The van der Waals surface area contributed by atoms with E-state index in [1.54, 1.807) is 0 Å². The number of ether oxygens (including phenoxy) is 1. The van der Waals surface area contributed by atoms with Crippen LogP contribution in [0.5, 0.6) is 0 Å². The molecule has 25 heavy (non-hydrogen) atoms. The van der Waals surface area contributed by atoms with E-state index in [4.69, 9.17) is 4.74 Å². The van der Waals surface area contributed by atoms with Crippen molar-refractivity contribution in [2.24, 2.45) is 0 Å². The first kappa shape index (κ1) is 17.0. The number of nitrogens with one attached hydrogen (secondary N) is 1. The molecule has 0 unspecified atom stereocenters. The number of rotatable bonds is 4. The largest absolute Gasteiger partial charge is 0.379 e. The molecule has 1 aromatic carbocycles. The van der Waals surface area contributed by atoms with Crippen LogP contribution in [0.4, 0.5) is 5.69 Å². The van der Waals surface area contributed by atoms with Gasteiger partial charge in [-0.15, -0.1) is 0 Å². The normalized spacial score (nSPS) is 20.3. The highest BCUT2D eigenvalue weighted by Gasteiger charge is 2.29. The molecule has 1 N–H and O–H groups in total. The number of fused-ring (bicyclic) bond motifs is 2. The summed E-state index contributed by atoms with van der Waals surface area (Å²) >= 11 is 0. The number of amides is 1. The lowest BCUT2D eigenvalue weighted by atomic mass is 9.98. The Morgan fingerprint density at radius 2 is 1.64 bits per heavy atom. The molecule has 0 spiro atoms. The van der Waals surface area contributed by atoms with Gasteiger partial charge in [-0.05, 0) is 60.8 Å². The van der Waals surface area contributed by atoms with E-state index >= 15 is 0 Å². The van der Waals surface area contributed by atoms with Crippen molar-refractivity contribution in [3.05, 3.63) is 28.3 Å². The van der Waals surface area contributed by atoms with Gasteiger partial charge in [-0.2, -0.15) is 4.31 Å². The number of carbonyl (C=O) groups is 1. The molecule has 0 saturated carbocycles. The minimum Gasteiger partial charge on any atom is -0.379 e. The molecule has 7 heteroatoms. The molecule has 4 rings (SSSR count). The molecule has 1 aliphatic heterocycles. The topological polar surface area (TPSA) is 75.7 Å². The molecule has 3 aliphatic rings. The summed E-state index contributed by atoms with van der Waals surface area (Å²) in [6.45, 7) is 1.43. The van der Waals surface area contributed by atoms with Crippen molar-refractivity contribution < 1.29 is 17.9 Å². The van der Waals surface area contributed by atoms with E-state index in [9.17, 15) is 13.2 Å². The van der Waals surface area contributed by atoms with Gasteiger partial charge >= 0.3 is 0 Å². The Hall–Kier alpha value is -1.44. The number of aryl methyl sites for hydroxylation is 2. The molecule has 0 bridgehead atoms. The Labute approximate surface area is 148 Å². The van der Waals surface area contributed by atoms with Gasteiger partial charge in [0, 0.05) is 18.8 Å². The van der Waals surface area contributed by atoms with Gasteiger partial charge < -0.3 is 10.1 Å². The molecule has 0 radical (unpaired) electrons. The third-order valence-electron chi connectivity index (χ3n) is 5.41. The summed E-state index contributed by atoms with van der Waals surface area (Å²) in [5.74, 6) is -0.924. The minimum absolute atomic E-state index is 0.325. The molecule has 1 saturated heterocycles. The van der Waals surface area contributed by atoms with Crippen LogP contribution in [0.1, 0.15) is 35.1 Å². The summed E-state index contributed by atoms with van der Waals surface area (Å²) in [6, 6.07) is 2.30. The number of benzene rings is 1. The van der Waals surface area contributed by atoms with Crippen LogP contribution in [0.15, 0.2) is 6.07 Å². The Bertz CT molecular complexity index is 766. The standard InChI is InChI=1S/C18H24N2O4S/c21-17(12-25(22,23)20-7-9-24-10-8-20)19-18-15-5-1-3-13(15)11-14-4-2-6-16(14)18/h11H,1-10,12H2,(H,19,21). The van der Waals surface area contributed by atoms with Crippen molar-refractivity contribution in [3.8, 4) is 0 Å². The molecule has 1 aromatic rings. The van der Waals surface area contributed by atoms with E-state index in [0.29, 0.717) is 26.3 Å².